The second kappa shape index (κ2) is 7.60. The molecule has 0 saturated heterocycles. The Balaban J connectivity index is 1.48. The molecule has 0 aliphatic rings. The topological polar surface area (TPSA) is 37.9 Å². The summed E-state index contributed by atoms with van der Waals surface area (Å²) < 4.78 is 32.5. The number of aromatic amines is 1. The minimum absolute atomic E-state index is 0.0389. The Hall–Kier alpha value is -2.92. The third kappa shape index (κ3) is 3.85. The second-order valence-electron chi connectivity index (χ2n) is 6.60. The van der Waals surface area contributed by atoms with Crippen LogP contribution in [0.3, 0.4) is 0 Å². The first kappa shape index (κ1) is 18.4. The largest absolute Gasteiger partial charge is 0.489 e. The van der Waals surface area contributed by atoms with Crippen molar-refractivity contribution in [3.05, 3.63) is 94.3 Å². The summed E-state index contributed by atoms with van der Waals surface area (Å²) in [5, 5.41) is 0.648. The normalized spacial score (nSPS) is 12.3. The van der Waals surface area contributed by atoms with Crippen molar-refractivity contribution in [2.75, 3.05) is 0 Å². The first-order valence-electron chi connectivity index (χ1n) is 8.81. The van der Waals surface area contributed by atoms with Crippen LogP contribution in [0.5, 0.6) is 5.75 Å². The number of aromatic nitrogens is 2. The summed E-state index contributed by atoms with van der Waals surface area (Å²) >= 11 is 6.02. The molecule has 0 spiro atoms. The van der Waals surface area contributed by atoms with Crippen LogP contribution in [0.1, 0.15) is 29.8 Å². The number of hydrogen-bond acceptors (Lipinski definition) is 2. The number of H-pyrrole nitrogens is 1. The Morgan fingerprint density at radius 3 is 2.61 bits per heavy atom. The number of halogens is 3. The first-order chi connectivity index (χ1) is 13.5. The van der Waals surface area contributed by atoms with Crippen LogP contribution in [-0.4, -0.2) is 9.97 Å². The summed E-state index contributed by atoms with van der Waals surface area (Å²) in [5.74, 6) is 0.484. The van der Waals surface area contributed by atoms with Crippen LogP contribution < -0.4 is 4.74 Å². The minimum Gasteiger partial charge on any atom is -0.489 e. The van der Waals surface area contributed by atoms with Crippen LogP contribution in [0.2, 0.25) is 5.02 Å². The van der Waals surface area contributed by atoms with Crippen molar-refractivity contribution in [3.63, 3.8) is 0 Å². The van der Waals surface area contributed by atoms with Crippen LogP contribution in [0.4, 0.5) is 8.78 Å². The van der Waals surface area contributed by atoms with Crippen molar-refractivity contribution in [2.45, 2.75) is 19.4 Å². The molecule has 0 aliphatic heterocycles. The maximum Gasteiger partial charge on any atom is 0.130 e. The molecule has 1 aromatic heterocycles. The smallest absolute Gasteiger partial charge is 0.130 e. The van der Waals surface area contributed by atoms with E-state index < -0.39 is 11.6 Å². The van der Waals surface area contributed by atoms with E-state index in [1.807, 2.05) is 42.5 Å². The average Bonchev–Trinajstić information content (AvgIpc) is 3.11. The number of nitrogens with zero attached hydrogens (tertiary/aromatic N) is 1. The van der Waals surface area contributed by atoms with Gasteiger partial charge in [-0.2, -0.15) is 0 Å². The molecule has 28 heavy (non-hydrogen) atoms. The number of ether oxygens (including phenoxy) is 1. The molecule has 3 nitrogen and oxygen atoms in total. The summed E-state index contributed by atoms with van der Waals surface area (Å²) in [7, 11) is 0. The highest BCUT2D eigenvalue weighted by Crippen LogP contribution is 2.27. The van der Waals surface area contributed by atoms with E-state index >= 15 is 0 Å². The number of fused-ring (bicyclic) bond motifs is 1. The van der Waals surface area contributed by atoms with Gasteiger partial charge in [0.2, 0.25) is 0 Å². The summed E-state index contributed by atoms with van der Waals surface area (Å²) in [4.78, 5) is 7.93. The molecule has 0 radical (unpaired) electrons. The highest BCUT2D eigenvalue weighted by molar-refractivity contribution is 6.31. The minimum atomic E-state index is -0.490. The Labute approximate surface area is 165 Å². The van der Waals surface area contributed by atoms with Gasteiger partial charge in [-0.15, -0.1) is 0 Å². The van der Waals surface area contributed by atoms with Gasteiger partial charge in [-0.3, -0.25) is 0 Å². The summed E-state index contributed by atoms with van der Waals surface area (Å²) in [6.45, 7) is 2.01. The SMILES string of the molecule is CC(c1ccc(OCc2cc(F)ccc2F)cc1)c1nc2cc(Cl)ccc2[nH]1. The van der Waals surface area contributed by atoms with E-state index in [-0.39, 0.29) is 18.1 Å². The van der Waals surface area contributed by atoms with Gasteiger partial charge in [0.1, 0.15) is 29.8 Å². The van der Waals surface area contributed by atoms with E-state index in [2.05, 4.69) is 16.9 Å². The van der Waals surface area contributed by atoms with Gasteiger partial charge < -0.3 is 9.72 Å². The van der Waals surface area contributed by atoms with Gasteiger partial charge in [-0.05, 0) is 54.1 Å². The fourth-order valence-electron chi connectivity index (χ4n) is 3.03. The summed E-state index contributed by atoms with van der Waals surface area (Å²) in [6, 6.07) is 16.4. The second-order valence-corrected chi connectivity index (χ2v) is 7.04. The molecular formula is C22H17ClF2N2O. The highest BCUT2D eigenvalue weighted by Gasteiger charge is 2.14. The molecule has 0 bridgehead atoms. The van der Waals surface area contributed by atoms with Crippen molar-refractivity contribution in [2.24, 2.45) is 0 Å². The first-order valence-corrected chi connectivity index (χ1v) is 9.19. The number of imidazole rings is 1. The molecule has 4 rings (SSSR count). The standard InChI is InChI=1S/C22H17ClF2N2O/c1-13(22-26-20-9-4-16(23)11-21(20)27-22)14-2-6-18(7-3-14)28-12-15-10-17(24)5-8-19(15)25/h2-11,13H,12H2,1H3,(H,26,27). The van der Waals surface area contributed by atoms with E-state index in [4.69, 9.17) is 16.3 Å². The van der Waals surface area contributed by atoms with Crippen molar-refractivity contribution in [1.82, 2.24) is 9.97 Å². The quantitative estimate of drug-likeness (QED) is 0.433. The van der Waals surface area contributed by atoms with Gasteiger partial charge in [0, 0.05) is 16.5 Å². The lowest BCUT2D eigenvalue weighted by Gasteiger charge is -2.11. The average molecular weight is 399 g/mol. The Bertz CT molecular complexity index is 1130. The monoisotopic (exact) mass is 398 g/mol. The van der Waals surface area contributed by atoms with Crippen molar-refractivity contribution < 1.29 is 13.5 Å². The maximum absolute atomic E-state index is 13.7. The fourth-order valence-corrected chi connectivity index (χ4v) is 3.20. The molecule has 1 heterocycles. The van der Waals surface area contributed by atoms with Crippen LogP contribution in [-0.2, 0) is 6.61 Å². The maximum atomic E-state index is 13.7. The van der Waals surface area contributed by atoms with Gasteiger partial charge in [0.05, 0.1) is 11.0 Å². The molecule has 0 aliphatic carbocycles. The van der Waals surface area contributed by atoms with Crippen LogP contribution in [0, 0.1) is 11.6 Å². The van der Waals surface area contributed by atoms with Crippen molar-refractivity contribution in [1.29, 1.82) is 0 Å². The zero-order valence-corrected chi connectivity index (χ0v) is 15.8. The predicted octanol–water partition coefficient (Wildman–Crippen LogP) is 6.23. The Morgan fingerprint density at radius 1 is 1.04 bits per heavy atom. The number of hydrogen-bond donors (Lipinski definition) is 1. The number of benzene rings is 3. The lowest BCUT2D eigenvalue weighted by molar-refractivity contribution is 0.299. The molecule has 6 heteroatoms. The van der Waals surface area contributed by atoms with Crippen LogP contribution in [0.25, 0.3) is 11.0 Å². The van der Waals surface area contributed by atoms with Crippen molar-refractivity contribution in [3.8, 4) is 5.75 Å². The van der Waals surface area contributed by atoms with Gasteiger partial charge in [-0.1, -0.05) is 30.7 Å². The molecule has 1 unspecified atom stereocenters. The predicted molar refractivity (Wildman–Crippen MR) is 106 cm³/mol. The van der Waals surface area contributed by atoms with E-state index in [1.54, 1.807) is 0 Å². The lowest BCUT2D eigenvalue weighted by Crippen LogP contribution is -2.01. The van der Waals surface area contributed by atoms with Crippen LogP contribution in [0.15, 0.2) is 60.7 Å². The van der Waals surface area contributed by atoms with E-state index in [0.29, 0.717) is 10.8 Å². The molecule has 1 N–H and O–H groups in total. The lowest BCUT2D eigenvalue weighted by atomic mass is 10.0. The molecule has 0 fully saturated rings. The van der Waals surface area contributed by atoms with E-state index in [9.17, 15) is 8.78 Å². The Kier molecular flexibility index (Phi) is 5.01. The van der Waals surface area contributed by atoms with Gasteiger partial charge in [0.25, 0.3) is 0 Å². The third-order valence-electron chi connectivity index (χ3n) is 4.66. The molecule has 1 atom stereocenters. The molecule has 0 saturated carbocycles. The highest BCUT2D eigenvalue weighted by atomic mass is 35.5. The van der Waals surface area contributed by atoms with Crippen LogP contribution >= 0.6 is 11.6 Å². The van der Waals surface area contributed by atoms with E-state index in [0.717, 1.165) is 40.6 Å². The zero-order chi connectivity index (χ0) is 19.7. The number of rotatable bonds is 5. The van der Waals surface area contributed by atoms with Crippen molar-refractivity contribution >= 4 is 22.6 Å². The van der Waals surface area contributed by atoms with Gasteiger partial charge in [0.15, 0.2) is 0 Å². The van der Waals surface area contributed by atoms with Gasteiger partial charge >= 0.3 is 0 Å². The summed E-state index contributed by atoms with van der Waals surface area (Å²) in [6.07, 6.45) is 0. The fraction of sp³-hybridized carbons (Fsp3) is 0.136. The molecular weight excluding hydrogens is 382 g/mol. The molecule has 0 amide bonds. The Morgan fingerprint density at radius 2 is 1.82 bits per heavy atom. The number of nitrogens with one attached hydrogen (secondary N) is 1. The third-order valence-corrected chi connectivity index (χ3v) is 4.89. The molecule has 142 valence electrons. The van der Waals surface area contributed by atoms with E-state index in [1.165, 1.54) is 0 Å². The summed E-state index contributed by atoms with van der Waals surface area (Å²) in [5.41, 5.74) is 2.99. The molecule has 3 aromatic carbocycles. The van der Waals surface area contributed by atoms with Gasteiger partial charge in [-0.25, -0.2) is 13.8 Å². The zero-order valence-electron chi connectivity index (χ0n) is 15.0. The molecule has 4 aromatic rings.